The number of nitrogens with one attached hydrogen (secondary N) is 2. The van der Waals surface area contributed by atoms with Gasteiger partial charge in [-0.25, -0.2) is 0 Å². The molecule has 2 aromatic carbocycles. The zero-order chi connectivity index (χ0) is 17.7. The Kier molecular flexibility index (Phi) is 6.43. The van der Waals surface area contributed by atoms with Crippen LogP contribution in [0.25, 0.3) is 0 Å². The molecular weight excluding hydrogens is 367 g/mol. The van der Waals surface area contributed by atoms with E-state index in [-0.39, 0.29) is 11.0 Å². The van der Waals surface area contributed by atoms with Crippen molar-refractivity contribution < 1.29 is 9.53 Å². The summed E-state index contributed by atoms with van der Waals surface area (Å²) < 4.78 is 5.54. The second-order valence-corrected chi connectivity index (χ2v) is 6.40. The maximum Gasteiger partial charge on any atom is 0.266 e. The fourth-order valence-corrected chi connectivity index (χ4v) is 2.50. The number of hydrogen-bond donors (Lipinski definition) is 2. The summed E-state index contributed by atoms with van der Waals surface area (Å²) in [5.41, 5.74) is 1.93. The van der Waals surface area contributed by atoms with Crippen LogP contribution in [0.4, 0.5) is 5.69 Å². The van der Waals surface area contributed by atoms with Gasteiger partial charge in [0.15, 0.2) is 11.2 Å². The highest BCUT2D eigenvalue weighted by molar-refractivity contribution is 7.80. The molecule has 2 rings (SSSR count). The van der Waals surface area contributed by atoms with Crippen LogP contribution in [0.5, 0.6) is 5.75 Å². The van der Waals surface area contributed by atoms with E-state index in [0.29, 0.717) is 15.8 Å². The monoisotopic (exact) mass is 382 g/mol. The number of hydrogen-bond acceptors (Lipinski definition) is 3. The molecule has 1 atom stereocenters. The maximum absolute atomic E-state index is 12.1. The molecule has 2 N–H and O–H groups in total. The van der Waals surface area contributed by atoms with Gasteiger partial charge in [0, 0.05) is 10.7 Å². The second-order valence-electron chi connectivity index (χ2n) is 5.14. The zero-order valence-electron chi connectivity index (χ0n) is 13.1. The maximum atomic E-state index is 12.1. The lowest BCUT2D eigenvalue weighted by Gasteiger charge is -2.16. The quantitative estimate of drug-likeness (QED) is 0.759. The first-order valence-electron chi connectivity index (χ1n) is 7.15. The van der Waals surface area contributed by atoms with Gasteiger partial charge in [0.2, 0.25) is 0 Å². The number of benzene rings is 2. The average Bonchev–Trinajstić information content (AvgIpc) is 2.52. The number of halogens is 2. The van der Waals surface area contributed by atoms with Gasteiger partial charge in [0.05, 0.1) is 5.02 Å². The molecule has 0 aliphatic heterocycles. The Labute approximate surface area is 156 Å². The van der Waals surface area contributed by atoms with Crippen LogP contribution in [0.1, 0.15) is 12.5 Å². The summed E-state index contributed by atoms with van der Waals surface area (Å²) in [7, 11) is 0. The lowest BCUT2D eigenvalue weighted by Crippen LogP contribution is -2.42. The molecule has 0 saturated heterocycles. The van der Waals surface area contributed by atoms with Crippen molar-refractivity contribution in [2.45, 2.75) is 20.0 Å². The summed E-state index contributed by atoms with van der Waals surface area (Å²) in [6.07, 6.45) is -0.776. The molecule has 7 heteroatoms. The Morgan fingerprint density at radius 2 is 1.83 bits per heavy atom. The normalized spacial score (nSPS) is 11.5. The van der Waals surface area contributed by atoms with E-state index in [0.717, 1.165) is 11.3 Å². The van der Waals surface area contributed by atoms with Gasteiger partial charge in [0.1, 0.15) is 5.75 Å². The minimum absolute atomic E-state index is 0.196. The topological polar surface area (TPSA) is 50.4 Å². The molecule has 4 nitrogen and oxygen atoms in total. The molecule has 0 aliphatic carbocycles. The van der Waals surface area contributed by atoms with E-state index in [2.05, 4.69) is 10.6 Å². The number of amides is 1. The Morgan fingerprint density at radius 3 is 2.46 bits per heavy atom. The average molecular weight is 383 g/mol. The molecule has 1 amide bonds. The molecule has 126 valence electrons. The van der Waals surface area contributed by atoms with Crippen molar-refractivity contribution >= 4 is 52.1 Å². The molecule has 0 aromatic heterocycles. The van der Waals surface area contributed by atoms with Gasteiger partial charge >= 0.3 is 0 Å². The molecule has 0 heterocycles. The van der Waals surface area contributed by atoms with Crippen molar-refractivity contribution in [2.24, 2.45) is 0 Å². The Morgan fingerprint density at radius 1 is 1.17 bits per heavy atom. The van der Waals surface area contributed by atoms with Crippen molar-refractivity contribution in [1.82, 2.24) is 5.32 Å². The van der Waals surface area contributed by atoms with Crippen molar-refractivity contribution in [2.75, 3.05) is 5.32 Å². The third-order valence-corrected chi connectivity index (χ3v) is 3.85. The highest BCUT2D eigenvalue weighted by atomic mass is 35.5. The van der Waals surface area contributed by atoms with Gasteiger partial charge < -0.3 is 10.1 Å². The smallest absolute Gasteiger partial charge is 0.266 e. The summed E-state index contributed by atoms with van der Waals surface area (Å²) in [5, 5.41) is 6.54. The SMILES string of the molecule is Cc1ccc(NC(=S)NC(=O)C(C)Oc2ccc(Cl)cc2Cl)cc1. The standard InChI is InChI=1S/C17H16Cl2N2O2S/c1-10-3-6-13(7-4-10)20-17(24)21-16(22)11(2)23-15-8-5-12(18)9-14(15)19/h3-9,11H,1-2H3,(H2,20,21,22,24). The van der Waals surface area contributed by atoms with Crippen LogP contribution in [0.2, 0.25) is 10.0 Å². The van der Waals surface area contributed by atoms with Crippen molar-refractivity contribution in [3.8, 4) is 5.75 Å². The predicted molar refractivity (Wildman–Crippen MR) is 102 cm³/mol. The Hall–Kier alpha value is -1.82. The molecule has 0 aliphatic rings. The summed E-state index contributed by atoms with van der Waals surface area (Å²) >= 11 is 17.0. The summed E-state index contributed by atoms with van der Waals surface area (Å²) in [5.74, 6) is -0.00763. The highest BCUT2D eigenvalue weighted by Gasteiger charge is 2.17. The number of carbonyl (C=O) groups excluding carboxylic acids is 1. The molecule has 0 fully saturated rings. The van der Waals surface area contributed by atoms with Crippen molar-refractivity contribution in [3.63, 3.8) is 0 Å². The van der Waals surface area contributed by atoms with Gasteiger partial charge in [-0.2, -0.15) is 0 Å². The fourth-order valence-electron chi connectivity index (χ4n) is 1.83. The second kappa shape index (κ2) is 8.33. The van der Waals surface area contributed by atoms with Crippen molar-refractivity contribution in [3.05, 3.63) is 58.1 Å². The van der Waals surface area contributed by atoms with E-state index in [4.69, 9.17) is 40.2 Å². The minimum atomic E-state index is -0.776. The predicted octanol–water partition coefficient (Wildman–Crippen LogP) is 4.58. The zero-order valence-corrected chi connectivity index (χ0v) is 15.4. The number of aryl methyl sites for hydroxylation is 1. The van der Waals surface area contributed by atoms with E-state index in [1.54, 1.807) is 25.1 Å². The third-order valence-electron chi connectivity index (χ3n) is 3.11. The van der Waals surface area contributed by atoms with Crippen LogP contribution in [0.15, 0.2) is 42.5 Å². The molecule has 0 saturated carbocycles. The van der Waals surface area contributed by atoms with Gasteiger partial charge in [-0.3, -0.25) is 10.1 Å². The highest BCUT2D eigenvalue weighted by Crippen LogP contribution is 2.28. The van der Waals surface area contributed by atoms with Crippen LogP contribution in [-0.2, 0) is 4.79 Å². The van der Waals surface area contributed by atoms with E-state index in [9.17, 15) is 4.79 Å². The van der Waals surface area contributed by atoms with Crippen LogP contribution in [-0.4, -0.2) is 17.1 Å². The molecule has 0 bridgehead atoms. The van der Waals surface area contributed by atoms with Gasteiger partial charge in [-0.05, 0) is 56.4 Å². The van der Waals surface area contributed by atoms with Gasteiger partial charge in [-0.1, -0.05) is 40.9 Å². The molecule has 2 aromatic rings. The first-order chi connectivity index (χ1) is 11.3. The van der Waals surface area contributed by atoms with Crippen LogP contribution in [0, 0.1) is 6.92 Å². The van der Waals surface area contributed by atoms with E-state index in [1.165, 1.54) is 0 Å². The number of thiocarbonyl (C=S) groups is 1. The number of rotatable bonds is 4. The van der Waals surface area contributed by atoms with E-state index < -0.39 is 6.10 Å². The lowest BCUT2D eigenvalue weighted by molar-refractivity contribution is -0.125. The van der Waals surface area contributed by atoms with E-state index >= 15 is 0 Å². The first kappa shape index (κ1) is 18.5. The molecule has 0 radical (unpaired) electrons. The van der Waals surface area contributed by atoms with E-state index in [1.807, 2.05) is 31.2 Å². The van der Waals surface area contributed by atoms with Crippen molar-refractivity contribution in [1.29, 1.82) is 0 Å². The molecule has 1 unspecified atom stereocenters. The fraction of sp³-hybridized carbons (Fsp3) is 0.176. The van der Waals surface area contributed by atoms with Gasteiger partial charge in [0.25, 0.3) is 5.91 Å². The lowest BCUT2D eigenvalue weighted by atomic mass is 10.2. The van der Waals surface area contributed by atoms with Crippen LogP contribution >= 0.6 is 35.4 Å². The Bertz CT molecular complexity index is 751. The third kappa shape index (κ3) is 5.37. The van der Waals surface area contributed by atoms with Gasteiger partial charge in [-0.15, -0.1) is 0 Å². The summed E-state index contributed by atoms with van der Waals surface area (Å²) in [4.78, 5) is 12.1. The number of anilines is 1. The van der Waals surface area contributed by atoms with Crippen LogP contribution in [0.3, 0.4) is 0 Å². The molecule has 24 heavy (non-hydrogen) atoms. The summed E-state index contributed by atoms with van der Waals surface area (Å²) in [6, 6.07) is 12.4. The number of ether oxygens (including phenoxy) is 1. The molecular formula is C17H16Cl2N2O2S. The molecule has 0 spiro atoms. The minimum Gasteiger partial charge on any atom is -0.479 e. The summed E-state index contributed by atoms with van der Waals surface area (Å²) in [6.45, 7) is 3.60. The number of carbonyl (C=O) groups is 1. The van der Waals surface area contributed by atoms with Crippen LogP contribution < -0.4 is 15.4 Å². The Balaban J connectivity index is 1.90. The largest absolute Gasteiger partial charge is 0.479 e. The first-order valence-corrected chi connectivity index (χ1v) is 8.32.